The second kappa shape index (κ2) is 3.01. The van der Waals surface area contributed by atoms with Crippen LogP contribution in [0.25, 0.3) is 0 Å². The van der Waals surface area contributed by atoms with Crippen LogP contribution in [0, 0.1) is 6.92 Å². The van der Waals surface area contributed by atoms with Gasteiger partial charge in [-0.2, -0.15) is 0 Å². The van der Waals surface area contributed by atoms with Crippen molar-refractivity contribution in [2.45, 2.75) is 12.3 Å². The quantitative estimate of drug-likeness (QED) is 0.689. The zero-order valence-electron chi connectivity index (χ0n) is 5.65. The fourth-order valence-corrected chi connectivity index (χ4v) is 1.17. The van der Waals surface area contributed by atoms with Gasteiger partial charge in [-0.15, -0.1) is 0 Å². The molecule has 1 heterocycles. The highest BCUT2D eigenvalue weighted by Crippen LogP contribution is 2.00. The molecule has 1 aromatic rings. The molecule has 0 aliphatic heterocycles. The summed E-state index contributed by atoms with van der Waals surface area (Å²) < 4.78 is 0. The molecule has 0 amide bonds. The molecule has 0 radical (unpaired) electrons. The fraction of sp³-hybridized carbons (Fsp3) is 0.286. The van der Waals surface area contributed by atoms with Crippen LogP contribution in [0.2, 0.25) is 0 Å². The van der Waals surface area contributed by atoms with Gasteiger partial charge in [0.25, 0.3) is 5.56 Å². The molecule has 0 bridgehead atoms. The molecule has 0 atom stereocenters. The van der Waals surface area contributed by atoms with Crippen molar-refractivity contribution in [3.8, 4) is 0 Å². The van der Waals surface area contributed by atoms with Crippen molar-refractivity contribution in [2.75, 3.05) is 0 Å². The summed E-state index contributed by atoms with van der Waals surface area (Å²) in [6.07, 6.45) is 1.70. The molecule has 1 rings (SSSR count). The molecule has 10 heavy (non-hydrogen) atoms. The molecule has 54 valence electrons. The maximum Gasteiger partial charge on any atom is 0.251 e. The standard InChI is InChI=1S/C7H8BrNO/c1-5-2-6(3-8)7(10)9-4-5/h2,4H,3H2,1H3,(H,9,10). The summed E-state index contributed by atoms with van der Waals surface area (Å²) in [7, 11) is 0. The lowest BCUT2D eigenvalue weighted by atomic mass is 10.2. The minimum absolute atomic E-state index is 0.0116. The number of rotatable bonds is 1. The first kappa shape index (κ1) is 7.54. The van der Waals surface area contributed by atoms with Gasteiger partial charge in [-0.05, 0) is 18.6 Å². The topological polar surface area (TPSA) is 32.9 Å². The Bertz CT molecular complexity index is 279. The maximum atomic E-state index is 10.9. The maximum absolute atomic E-state index is 10.9. The molecule has 3 heteroatoms. The van der Waals surface area contributed by atoms with E-state index in [1.165, 1.54) is 0 Å². The number of nitrogens with one attached hydrogen (secondary N) is 1. The number of hydrogen-bond donors (Lipinski definition) is 1. The smallest absolute Gasteiger partial charge is 0.251 e. The Labute approximate surface area is 67.4 Å². The average molecular weight is 202 g/mol. The summed E-state index contributed by atoms with van der Waals surface area (Å²) in [5.41, 5.74) is 1.84. The number of alkyl halides is 1. The number of halogens is 1. The number of aryl methyl sites for hydroxylation is 1. The summed E-state index contributed by atoms with van der Waals surface area (Å²) in [4.78, 5) is 13.6. The summed E-state index contributed by atoms with van der Waals surface area (Å²) in [5, 5.41) is 0.615. The van der Waals surface area contributed by atoms with E-state index < -0.39 is 0 Å². The highest BCUT2D eigenvalue weighted by Gasteiger charge is 1.95. The zero-order chi connectivity index (χ0) is 7.56. The van der Waals surface area contributed by atoms with Gasteiger partial charge in [-0.1, -0.05) is 15.9 Å². The van der Waals surface area contributed by atoms with Crippen molar-refractivity contribution < 1.29 is 0 Å². The van der Waals surface area contributed by atoms with Crippen molar-refractivity contribution in [1.82, 2.24) is 4.98 Å². The normalized spacial score (nSPS) is 9.80. The Balaban J connectivity index is 3.22. The minimum atomic E-state index is -0.0116. The Kier molecular flexibility index (Phi) is 2.27. The average Bonchev–Trinajstić information content (AvgIpc) is 1.94. The van der Waals surface area contributed by atoms with E-state index in [0.717, 1.165) is 11.1 Å². The van der Waals surface area contributed by atoms with Crippen LogP contribution in [0.5, 0.6) is 0 Å². The van der Waals surface area contributed by atoms with Gasteiger partial charge >= 0.3 is 0 Å². The van der Waals surface area contributed by atoms with Gasteiger partial charge in [0.15, 0.2) is 0 Å². The van der Waals surface area contributed by atoms with Gasteiger partial charge in [0.1, 0.15) is 0 Å². The van der Waals surface area contributed by atoms with E-state index in [4.69, 9.17) is 0 Å². The van der Waals surface area contributed by atoms with E-state index in [0.29, 0.717) is 5.33 Å². The van der Waals surface area contributed by atoms with E-state index in [2.05, 4.69) is 20.9 Å². The van der Waals surface area contributed by atoms with Crippen molar-refractivity contribution >= 4 is 15.9 Å². The predicted octanol–water partition coefficient (Wildman–Crippen LogP) is 1.58. The molecule has 0 unspecified atom stereocenters. The highest BCUT2D eigenvalue weighted by molar-refractivity contribution is 9.08. The molecule has 0 aliphatic carbocycles. The van der Waals surface area contributed by atoms with E-state index in [1.807, 2.05) is 13.0 Å². The lowest BCUT2D eigenvalue weighted by Gasteiger charge is -1.94. The van der Waals surface area contributed by atoms with Crippen molar-refractivity contribution in [3.63, 3.8) is 0 Å². The van der Waals surface area contributed by atoms with Crippen LogP contribution >= 0.6 is 15.9 Å². The monoisotopic (exact) mass is 201 g/mol. The number of aromatic amines is 1. The molecule has 0 saturated carbocycles. The molecular weight excluding hydrogens is 194 g/mol. The van der Waals surface area contributed by atoms with Crippen molar-refractivity contribution in [3.05, 3.63) is 33.7 Å². The van der Waals surface area contributed by atoms with Crippen LogP contribution in [0.4, 0.5) is 0 Å². The van der Waals surface area contributed by atoms with Gasteiger partial charge in [0, 0.05) is 17.1 Å². The predicted molar refractivity (Wildman–Crippen MR) is 44.4 cm³/mol. The molecule has 0 aromatic carbocycles. The molecule has 1 aromatic heterocycles. The van der Waals surface area contributed by atoms with E-state index in [1.54, 1.807) is 6.20 Å². The molecular formula is C7H8BrNO. The lowest BCUT2D eigenvalue weighted by molar-refractivity contribution is 1.14. The van der Waals surface area contributed by atoms with Gasteiger partial charge in [-0.25, -0.2) is 0 Å². The first-order valence-electron chi connectivity index (χ1n) is 2.98. The summed E-state index contributed by atoms with van der Waals surface area (Å²) in [5.74, 6) is 0. The lowest BCUT2D eigenvalue weighted by Crippen LogP contribution is -2.09. The molecule has 0 aliphatic rings. The second-order valence-electron chi connectivity index (χ2n) is 2.17. The highest BCUT2D eigenvalue weighted by atomic mass is 79.9. The number of hydrogen-bond acceptors (Lipinski definition) is 1. The largest absolute Gasteiger partial charge is 0.329 e. The van der Waals surface area contributed by atoms with E-state index >= 15 is 0 Å². The Morgan fingerprint density at radius 3 is 2.90 bits per heavy atom. The molecule has 0 saturated heterocycles. The van der Waals surface area contributed by atoms with Crippen LogP contribution in [-0.2, 0) is 5.33 Å². The van der Waals surface area contributed by atoms with E-state index in [9.17, 15) is 4.79 Å². The van der Waals surface area contributed by atoms with Crippen LogP contribution in [0.1, 0.15) is 11.1 Å². The van der Waals surface area contributed by atoms with Crippen LogP contribution < -0.4 is 5.56 Å². The van der Waals surface area contributed by atoms with Crippen molar-refractivity contribution in [1.29, 1.82) is 0 Å². The van der Waals surface area contributed by atoms with Gasteiger partial charge in [0.2, 0.25) is 0 Å². The third kappa shape index (κ3) is 1.48. The SMILES string of the molecule is Cc1c[nH]c(=O)c(CBr)c1. The molecule has 1 N–H and O–H groups in total. The Hall–Kier alpha value is -0.570. The minimum Gasteiger partial charge on any atom is -0.329 e. The summed E-state index contributed by atoms with van der Waals surface area (Å²) in [6, 6.07) is 1.87. The second-order valence-corrected chi connectivity index (χ2v) is 2.73. The van der Waals surface area contributed by atoms with Crippen LogP contribution in [0.15, 0.2) is 17.1 Å². The van der Waals surface area contributed by atoms with Crippen LogP contribution in [0.3, 0.4) is 0 Å². The number of pyridine rings is 1. The summed E-state index contributed by atoms with van der Waals surface area (Å²) >= 11 is 3.22. The van der Waals surface area contributed by atoms with Crippen LogP contribution in [-0.4, -0.2) is 4.98 Å². The first-order valence-corrected chi connectivity index (χ1v) is 4.10. The van der Waals surface area contributed by atoms with Crippen molar-refractivity contribution in [2.24, 2.45) is 0 Å². The molecule has 0 spiro atoms. The third-order valence-electron chi connectivity index (χ3n) is 1.27. The zero-order valence-corrected chi connectivity index (χ0v) is 7.23. The van der Waals surface area contributed by atoms with Gasteiger partial charge in [-0.3, -0.25) is 4.79 Å². The Morgan fingerprint density at radius 2 is 2.40 bits per heavy atom. The van der Waals surface area contributed by atoms with E-state index in [-0.39, 0.29) is 5.56 Å². The third-order valence-corrected chi connectivity index (χ3v) is 1.87. The molecule has 0 fully saturated rings. The summed E-state index contributed by atoms with van der Waals surface area (Å²) in [6.45, 7) is 1.95. The Morgan fingerprint density at radius 1 is 1.70 bits per heavy atom. The first-order chi connectivity index (χ1) is 4.74. The number of aromatic nitrogens is 1. The van der Waals surface area contributed by atoms with Gasteiger partial charge < -0.3 is 4.98 Å². The molecule has 2 nitrogen and oxygen atoms in total. The fourth-order valence-electron chi connectivity index (χ4n) is 0.753. The number of H-pyrrole nitrogens is 1. The van der Waals surface area contributed by atoms with Gasteiger partial charge in [0.05, 0.1) is 0 Å².